The van der Waals surface area contributed by atoms with Crippen molar-refractivity contribution in [1.29, 1.82) is 0 Å². The fraction of sp³-hybridized carbons (Fsp3) is 0.350. The third-order valence-corrected chi connectivity index (χ3v) is 7.78. The SMILES string of the molecule is NC(=O)N1CCc2cc(S(=O)(=O)N3CCN(c4cc(Cl)cc(C(F)(F)F)c4)CC3)ccc21. The molecule has 0 saturated carbocycles. The highest BCUT2D eigenvalue weighted by Crippen LogP contribution is 2.35. The smallest absolute Gasteiger partial charge is 0.369 e. The van der Waals surface area contributed by atoms with E-state index in [1.165, 1.54) is 21.3 Å². The maximum absolute atomic E-state index is 13.1. The van der Waals surface area contributed by atoms with Gasteiger partial charge in [0.25, 0.3) is 0 Å². The van der Waals surface area contributed by atoms with Crippen LogP contribution in [0.1, 0.15) is 11.1 Å². The molecule has 32 heavy (non-hydrogen) atoms. The van der Waals surface area contributed by atoms with Crippen molar-refractivity contribution in [2.75, 3.05) is 42.5 Å². The maximum atomic E-state index is 13.1. The first-order valence-corrected chi connectivity index (χ1v) is 11.6. The Morgan fingerprint density at radius 1 is 1.00 bits per heavy atom. The molecule has 0 radical (unpaired) electrons. The summed E-state index contributed by atoms with van der Waals surface area (Å²) >= 11 is 5.87. The van der Waals surface area contributed by atoms with Gasteiger partial charge in [-0.1, -0.05) is 11.6 Å². The number of nitrogens with zero attached hydrogens (tertiary/aromatic N) is 3. The van der Waals surface area contributed by atoms with E-state index < -0.39 is 27.8 Å². The number of carbonyl (C=O) groups excluding carboxylic acids is 1. The van der Waals surface area contributed by atoms with E-state index in [4.69, 9.17) is 17.3 Å². The summed E-state index contributed by atoms with van der Waals surface area (Å²) in [5, 5.41) is -0.0342. The fourth-order valence-electron chi connectivity index (χ4n) is 4.02. The molecule has 2 aromatic rings. The number of piperazine rings is 1. The molecule has 7 nitrogen and oxygen atoms in total. The van der Waals surface area contributed by atoms with E-state index in [0.717, 1.165) is 17.7 Å². The Bertz CT molecular complexity index is 1170. The van der Waals surface area contributed by atoms with Crippen LogP contribution in [0, 0.1) is 0 Å². The van der Waals surface area contributed by atoms with Crippen LogP contribution in [0.15, 0.2) is 41.3 Å². The zero-order valence-corrected chi connectivity index (χ0v) is 18.3. The second-order valence-corrected chi connectivity index (χ2v) is 9.99. The van der Waals surface area contributed by atoms with E-state index in [1.807, 2.05) is 0 Å². The van der Waals surface area contributed by atoms with Crippen molar-refractivity contribution < 1.29 is 26.4 Å². The first-order valence-electron chi connectivity index (χ1n) is 9.79. The Morgan fingerprint density at radius 3 is 2.31 bits per heavy atom. The maximum Gasteiger partial charge on any atom is 0.416 e. The molecule has 2 amide bonds. The number of primary amides is 1. The second-order valence-electron chi connectivity index (χ2n) is 7.62. The Labute approximate surface area is 188 Å². The van der Waals surface area contributed by atoms with Crippen molar-refractivity contribution in [3.05, 3.63) is 52.5 Å². The Balaban J connectivity index is 1.50. The van der Waals surface area contributed by atoms with Crippen LogP contribution in [0.5, 0.6) is 0 Å². The zero-order chi connectivity index (χ0) is 23.3. The zero-order valence-electron chi connectivity index (χ0n) is 16.8. The van der Waals surface area contributed by atoms with Crippen molar-refractivity contribution in [3.63, 3.8) is 0 Å². The molecule has 172 valence electrons. The molecule has 2 aliphatic rings. The number of rotatable bonds is 3. The molecule has 1 saturated heterocycles. The molecule has 0 aromatic heterocycles. The second kappa shape index (κ2) is 8.13. The number of halogens is 4. The number of fused-ring (bicyclic) bond motifs is 1. The standard InChI is InChI=1S/C20H20ClF3N4O3S/c21-15-10-14(20(22,23)24)11-16(12-15)26-5-7-27(8-6-26)32(30,31)17-1-2-18-13(9-17)3-4-28(18)19(25)29/h1-2,9-12H,3-8H2,(H2,25,29). The summed E-state index contributed by atoms with van der Waals surface area (Å²) in [5.41, 5.74) is 6.11. The van der Waals surface area contributed by atoms with Gasteiger partial charge in [0, 0.05) is 49.1 Å². The van der Waals surface area contributed by atoms with E-state index in [2.05, 4.69) is 0 Å². The summed E-state index contributed by atoms with van der Waals surface area (Å²) in [5.74, 6) is 0. The minimum absolute atomic E-state index is 0.0342. The monoisotopic (exact) mass is 488 g/mol. The number of hydrogen-bond acceptors (Lipinski definition) is 4. The van der Waals surface area contributed by atoms with E-state index in [1.54, 1.807) is 17.0 Å². The van der Waals surface area contributed by atoms with Crippen molar-refractivity contribution in [1.82, 2.24) is 4.31 Å². The molecular weight excluding hydrogens is 469 g/mol. The van der Waals surface area contributed by atoms with Crippen LogP contribution in [0.2, 0.25) is 5.02 Å². The van der Waals surface area contributed by atoms with Crippen LogP contribution in [0.4, 0.5) is 29.3 Å². The van der Waals surface area contributed by atoms with Crippen molar-refractivity contribution >= 4 is 39.0 Å². The molecule has 2 aromatic carbocycles. The first-order chi connectivity index (χ1) is 15.0. The molecule has 2 heterocycles. The highest BCUT2D eigenvalue weighted by atomic mass is 35.5. The average molecular weight is 489 g/mol. The Kier molecular flexibility index (Phi) is 5.76. The minimum Gasteiger partial charge on any atom is -0.369 e. The van der Waals surface area contributed by atoms with E-state index >= 15 is 0 Å². The van der Waals surface area contributed by atoms with Crippen LogP contribution in [0.3, 0.4) is 0 Å². The lowest BCUT2D eigenvalue weighted by Gasteiger charge is -2.35. The molecule has 4 rings (SSSR count). The number of nitrogens with two attached hydrogens (primary N) is 1. The van der Waals surface area contributed by atoms with Crippen molar-refractivity contribution in [2.24, 2.45) is 5.73 Å². The number of urea groups is 1. The van der Waals surface area contributed by atoms with Gasteiger partial charge in [-0.2, -0.15) is 17.5 Å². The number of hydrogen-bond donors (Lipinski definition) is 1. The van der Waals surface area contributed by atoms with Crippen LogP contribution < -0.4 is 15.5 Å². The molecule has 0 spiro atoms. The number of sulfonamides is 1. The molecule has 0 atom stereocenters. The summed E-state index contributed by atoms with van der Waals surface area (Å²) in [6.45, 7) is 1.06. The Morgan fingerprint density at radius 2 is 1.69 bits per heavy atom. The number of carbonyl (C=O) groups is 1. The summed E-state index contributed by atoms with van der Waals surface area (Å²) in [7, 11) is -3.80. The van der Waals surface area contributed by atoms with Gasteiger partial charge in [-0.25, -0.2) is 13.2 Å². The van der Waals surface area contributed by atoms with E-state index in [0.29, 0.717) is 24.3 Å². The van der Waals surface area contributed by atoms with Crippen LogP contribution in [0.25, 0.3) is 0 Å². The van der Waals surface area contributed by atoms with Crippen LogP contribution >= 0.6 is 11.6 Å². The van der Waals surface area contributed by atoms with Gasteiger partial charge >= 0.3 is 12.2 Å². The summed E-state index contributed by atoms with van der Waals surface area (Å²) < 4.78 is 66.8. The molecule has 2 aliphatic heterocycles. The minimum atomic E-state index is -4.53. The van der Waals surface area contributed by atoms with Gasteiger partial charge in [0.1, 0.15) is 0 Å². The normalized spacial score (nSPS) is 17.5. The van der Waals surface area contributed by atoms with Gasteiger partial charge < -0.3 is 10.6 Å². The first kappa shape index (κ1) is 22.7. The summed E-state index contributed by atoms with van der Waals surface area (Å²) in [6.07, 6.45) is -4.02. The van der Waals surface area contributed by atoms with E-state index in [-0.39, 0.29) is 36.1 Å². The molecule has 1 fully saturated rings. The quantitative estimate of drug-likeness (QED) is 0.718. The molecular formula is C20H20ClF3N4O3S. The number of alkyl halides is 3. The average Bonchev–Trinajstić information content (AvgIpc) is 3.16. The molecule has 0 aliphatic carbocycles. The predicted molar refractivity (Wildman–Crippen MR) is 115 cm³/mol. The molecule has 2 N–H and O–H groups in total. The largest absolute Gasteiger partial charge is 0.416 e. The molecule has 12 heteroatoms. The van der Waals surface area contributed by atoms with Gasteiger partial charge in [0.15, 0.2) is 0 Å². The number of amides is 2. The van der Waals surface area contributed by atoms with Crippen molar-refractivity contribution in [2.45, 2.75) is 17.5 Å². The Hall–Kier alpha value is -2.50. The number of benzene rings is 2. The third-order valence-electron chi connectivity index (χ3n) is 5.66. The lowest BCUT2D eigenvalue weighted by molar-refractivity contribution is -0.137. The lowest BCUT2D eigenvalue weighted by Crippen LogP contribution is -2.48. The lowest BCUT2D eigenvalue weighted by atomic mass is 10.1. The molecule has 0 bridgehead atoms. The van der Waals surface area contributed by atoms with Crippen molar-refractivity contribution in [3.8, 4) is 0 Å². The van der Waals surface area contributed by atoms with Gasteiger partial charge in [-0.05, 0) is 48.4 Å². The molecule has 0 unspecified atom stereocenters. The van der Waals surface area contributed by atoms with Gasteiger partial charge in [-0.15, -0.1) is 0 Å². The highest BCUT2D eigenvalue weighted by molar-refractivity contribution is 7.89. The van der Waals surface area contributed by atoms with Gasteiger partial charge in [0.05, 0.1) is 10.5 Å². The predicted octanol–water partition coefficient (Wildman–Crippen LogP) is 3.31. The number of anilines is 2. The summed E-state index contributed by atoms with van der Waals surface area (Å²) in [6, 6.07) is 7.28. The summed E-state index contributed by atoms with van der Waals surface area (Å²) in [4.78, 5) is 14.7. The highest BCUT2D eigenvalue weighted by Gasteiger charge is 2.34. The van der Waals surface area contributed by atoms with E-state index in [9.17, 15) is 26.4 Å². The van der Waals surface area contributed by atoms with Crippen LogP contribution in [-0.4, -0.2) is 51.5 Å². The topological polar surface area (TPSA) is 86.9 Å². The third kappa shape index (κ3) is 4.24. The fourth-order valence-corrected chi connectivity index (χ4v) is 5.73. The van der Waals surface area contributed by atoms with Gasteiger partial charge in [-0.3, -0.25) is 4.90 Å². The van der Waals surface area contributed by atoms with Crippen LogP contribution in [-0.2, 0) is 22.6 Å². The van der Waals surface area contributed by atoms with Gasteiger partial charge in [0.2, 0.25) is 10.0 Å².